The van der Waals surface area contributed by atoms with Crippen molar-refractivity contribution in [3.63, 3.8) is 0 Å². The van der Waals surface area contributed by atoms with Crippen LogP contribution in [0.15, 0.2) is 77.9 Å². The Bertz CT molecular complexity index is 2590. The molecule has 0 fully saturated rings. The molecule has 0 amide bonds. The molecular weight excluding hydrogens is 832 g/mol. The van der Waals surface area contributed by atoms with Crippen molar-refractivity contribution >= 4 is 44.8 Å². The Morgan fingerprint density at radius 3 is 2.21 bits per heavy atom. The van der Waals surface area contributed by atoms with Crippen LogP contribution >= 0.6 is 0 Å². The zero-order chi connectivity index (χ0) is 39.6. The molecule has 0 N–H and O–H groups in total. The Morgan fingerprint density at radius 1 is 0.792 bits per heavy atom. The van der Waals surface area contributed by atoms with Crippen molar-refractivity contribution < 1.29 is 29.9 Å². The summed E-state index contributed by atoms with van der Waals surface area (Å²) in [6, 6.07) is 31.9. The van der Waals surface area contributed by atoms with Gasteiger partial charge in [-0.2, -0.15) is 6.07 Å². The van der Waals surface area contributed by atoms with Crippen LogP contribution in [-0.2, 0) is 42.0 Å². The van der Waals surface area contributed by atoms with Crippen molar-refractivity contribution in [2.24, 2.45) is 4.99 Å². The van der Waals surface area contributed by atoms with Gasteiger partial charge in [0, 0.05) is 21.5 Å². The van der Waals surface area contributed by atoms with Gasteiger partial charge in [0.25, 0.3) is 0 Å². The third-order valence-corrected chi connectivity index (χ3v) is 10.8. The molecule has 1 atom stereocenters. The van der Waals surface area contributed by atoms with E-state index in [1.165, 1.54) is 22.3 Å². The summed E-state index contributed by atoms with van der Waals surface area (Å²) in [6.45, 7) is 21.4. The smallest absolute Gasteiger partial charge is 0.518 e. The minimum atomic E-state index is -2.31. The first-order valence-corrected chi connectivity index (χ1v) is 18.3. The molecule has 0 radical (unpaired) electrons. The largest absolute Gasteiger partial charge is 2.00 e. The molecule has 4 aromatic carbocycles. The second-order valence-corrected chi connectivity index (χ2v) is 17.7. The Morgan fingerprint density at radius 2 is 1.51 bits per heavy atom. The molecule has 0 saturated heterocycles. The second-order valence-electron chi connectivity index (χ2n) is 17.7. The van der Waals surface area contributed by atoms with Gasteiger partial charge in [-0.15, -0.1) is 40.8 Å². The normalized spacial score (nSPS) is 19.1. The van der Waals surface area contributed by atoms with Gasteiger partial charge in [-0.25, -0.2) is 4.98 Å². The Hall–Kier alpha value is -4.21. The SMILES string of the molecule is [2H]C([2H])([2H])[C@]1(C)COC(c2[c-]c(N3c4[c-]c5c(cc4C(C)(C)c4cc(C)ccc43)c3cc(C)ccc3n5-c3cc(C(C)(C)C)ccn3)cc(C(C)(C)C)c2)=N1.[Pt+2]. The summed E-state index contributed by atoms with van der Waals surface area (Å²) in [5, 5.41) is 2.28. The number of benzene rings is 4. The molecule has 2 aromatic heterocycles. The molecule has 0 spiro atoms. The molecular formula is C47H50N4OPt. The number of aryl methyl sites for hydroxylation is 2. The Labute approximate surface area is 334 Å². The second kappa shape index (κ2) is 12.4. The quantitative estimate of drug-likeness (QED) is 0.166. The van der Waals surface area contributed by atoms with Crippen molar-refractivity contribution in [3.05, 3.63) is 124 Å². The van der Waals surface area contributed by atoms with Gasteiger partial charge in [0.1, 0.15) is 18.3 Å². The van der Waals surface area contributed by atoms with Gasteiger partial charge in [0.2, 0.25) is 0 Å². The van der Waals surface area contributed by atoms with Gasteiger partial charge in [-0.3, -0.25) is 4.99 Å². The summed E-state index contributed by atoms with van der Waals surface area (Å²) >= 11 is 0. The van der Waals surface area contributed by atoms with E-state index in [0.717, 1.165) is 55.8 Å². The number of rotatable bonds is 3. The molecule has 8 rings (SSSR count). The van der Waals surface area contributed by atoms with Crippen LogP contribution in [0.2, 0.25) is 0 Å². The molecule has 0 unspecified atom stereocenters. The van der Waals surface area contributed by atoms with Crippen LogP contribution in [0, 0.1) is 26.0 Å². The number of fused-ring (bicyclic) bond motifs is 5. The maximum Gasteiger partial charge on any atom is 2.00 e. The van der Waals surface area contributed by atoms with Crippen LogP contribution in [0.4, 0.5) is 17.1 Å². The summed E-state index contributed by atoms with van der Waals surface area (Å²) in [5.41, 5.74) is 10.4. The number of hydrogen-bond acceptors (Lipinski definition) is 4. The summed E-state index contributed by atoms with van der Waals surface area (Å²) < 4.78 is 32.9. The fourth-order valence-corrected chi connectivity index (χ4v) is 7.71. The molecule has 0 saturated carbocycles. The molecule has 274 valence electrons. The van der Waals surface area contributed by atoms with Crippen LogP contribution < -0.4 is 4.90 Å². The molecule has 5 nitrogen and oxygen atoms in total. The first kappa shape index (κ1) is 33.4. The van der Waals surface area contributed by atoms with Crippen molar-refractivity contribution in [2.75, 3.05) is 11.5 Å². The number of aromatic nitrogens is 2. The van der Waals surface area contributed by atoms with Gasteiger partial charge in [-0.05, 0) is 90.3 Å². The van der Waals surface area contributed by atoms with Gasteiger partial charge in [0.15, 0.2) is 0 Å². The van der Waals surface area contributed by atoms with Crippen molar-refractivity contribution in [1.82, 2.24) is 9.55 Å². The van der Waals surface area contributed by atoms with E-state index in [9.17, 15) is 0 Å². The molecule has 6 aromatic rings. The van der Waals surface area contributed by atoms with Gasteiger partial charge in [-0.1, -0.05) is 108 Å². The predicted octanol–water partition coefficient (Wildman–Crippen LogP) is 11.7. The molecule has 4 heterocycles. The van der Waals surface area contributed by atoms with Crippen LogP contribution in [0.3, 0.4) is 0 Å². The third kappa shape index (κ3) is 6.23. The van der Waals surface area contributed by atoms with E-state index in [0.29, 0.717) is 11.5 Å². The minimum absolute atomic E-state index is 0. The van der Waals surface area contributed by atoms with Gasteiger partial charge in [0.05, 0.1) is 5.54 Å². The predicted molar refractivity (Wildman–Crippen MR) is 217 cm³/mol. The first-order valence-electron chi connectivity index (χ1n) is 19.8. The average Bonchev–Trinajstić information content (AvgIpc) is 3.66. The number of nitrogens with zero attached hydrogens (tertiary/aromatic N) is 4. The van der Waals surface area contributed by atoms with Crippen molar-refractivity contribution in [3.8, 4) is 5.82 Å². The minimum Gasteiger partial charge on any atom is -0.518 e. The van der Waals surface area contributed by atoms with E-state index in [1.807, 2.05) is 12.3 Å². The fourth-order valence-electron chi connectivity index (χ4n) is 7.71. The topological polar surface area (TPSA) is 42.6 Å². The van der Waals surface area contributed by atoms with Gasteiger partial charge < -0.3 is 14.2 Å². The number of pyridine rings is 1. The van der Waals surface area contributed by atoms with E-state index in [-0.39, 0.29) is 43.9 Å². The molecule has 6 heteroatoms. The third-order valence-electron chi connectivity index (χ3n) is 10.8. The van der Waals surface area contributed by atoms with Crippen molar-refractivity contribution in [2.45, 2.75) is 105 Å². The van der Waals surface area contributed by atoms with E-state index in [4.69, 9.17) is 18.8 Å². The molecule has 53 heavy (non-hydrogen) atoms. The first-order chi connectivity index (χ1) is 25.6. The molecule has 0 aliphatic carbocycles. The van der Waals surface area contributed by atoms with E-state index in [1.54, 1.807) is 6.92 Å². The van der Waals surface area contributed by atoms with Crippen LogP contribution in [0.5, 0.6) is 0 Å². The van der Waals surface area contributed by atoms with E-state index >= 15 is 0 Å². The molecule has 0 bridgehead atoms. The maximum atomic E-state index is 8.20. The summed E-state index contributed by atoms with van der Waals surface area (Å²) in [7, 11) is 0. The number of anilines is 3. The maximum absolute atomic E-state index is 8.20. The van der Waals surface area contributed by atoms with E-state index < -0.39 is 12.4 Å². The van der Waals surface area contributed by atoms with E-state index in [2.05, 4.69) is 152 Å². The zero-order valence-corrected chi connectivity index (χ0v) is 34.9. The molecule has 2 aliphatic heterocycles. The monoisotopic (exact) mass is 884 g/mol. The standard InChI is InChI=1S/C47H50N4O.Pt/c1-28-13-15-38-34(19-28)35-25-37-41(26-40(35)51(38)42-24-31(17-18-48-42)44(3,4)5)50(39-16-14-29(2)20-36(39)47(37,11)12)33-22-30(21-32(23-33)45(6,7)8)43-49-46(9,10)27-52-43;/h13-21,23-25H,27H2,1-12H3;/q-2;+2/i9D3;/t46-;/m0./s1. The van der Waals surface area contributed by atoms with Crippen LogP contribution in [-0.4, -0.2) is 27.6 Å². The van der Waals surface area contributed by atoms with Crippen LogP contribution in [0.1, 0.15) is 112 Å². The fraction of sp³-hybridized carbons (Fsp3) is 0.362. The average molecular weight is 885 g/mol. The van der Waals surface area contributed by atoms with Crippen molar-refractivity contribution in [1.29, 1.82) is 0 Å². The number of aliphatic imine (C=N–C) groups is 1. The number of hydrogen-bond donors (Lipinski definition) is 0. The molecule has 2 aliphatic rings. The Balaban J connectivity index is 0.00000480. The van der Waals surface area contributed by atoms with Gasteiger partial charge >= 0.3 is 21.1 Å². The summed E-state index contributed by atoms with van der Waals surface area (Å²) in [6.07, 6.45) is 1.91. The van der Waals surface area contributed by atoms with Crippen LogP contribution in [0.25, 0.3) is 27.6 Å². The zero-order valence-electron chi connectivity index (χ0n) is 35.6. The Kier molecular flexibility index (Phi) is 7.82. The summed E-state index contributed by atoms with van der Waals surface area (Å²) in [5.74, 6) is 1.15. The summed E-state index contributed by atoms with van der Waals surface area (Å²) in [4.78, 5) is 11.9. The number of ether oxygens (including phenoxy) is 1.